The number of imide groups is 1. The molecule has 0 saturated carbocycles. The van der Waals surface area contributed by atoms with Crippen LogP contribution in [0.2, 0.25) is 0 Å². The molecule has 2 aliphatic rings. The number of fused-ring (bicyclic) bond motifs is 1. The fourth-order valence-corrected chi connectivity index (χ4v) is 4.25. The lowest BCUT2D eigenvalue weighted by atomic mass is 9.89. The predicted octanol–water partition coefficient (Wildman–Crippen LogP) is 3.12. The summed E-state index contributed by atoms with van der Waals surface area (Å²) in [5.74, 6) is 0.0231. The van der Waals surface area contributed by atoms with Gasteiger partial charge in [-0.05, 0) is 61.7 Å². The fourth-order valence-electron chi connectivity index (χ4n) is 4.25. The van der Waals surface area contributed by atoms with Crippen molar-refractivity contribution in [2.24, 2.45) is 0 Å². The SMILES string of the molecule is CC(=O)Nc1cccc(C2CCN(CCN3C(=O)c4ccccc4C3=O)CC2)c1. The van der Waals surface area contributed by atoms with Crippen molar-refractivity contribution in [2.75, 3.05) is 31.5 Å². The molecule has 0 spiro atoms. The summed E-state index contributed by atoms with van der Waals surface area (Å²) in [6.07, 6.45) is 2.04. The third-order valence-electron chi connectivity index (χ3n) is 5.78. The van der Waals surface area contributed by atoms with Crippen LogP contribution in [-0.4, -0.2) is 53.7 Å². The van der Waals surface area contributed by atoms with Gasteiger partial charge in [-0.3, -0.25) is 19.3 Å². The standard InChI is InChI=1S/C23H25N3O3/c1-16(27)24-19-6-4-5-18(15-19)17-9-11-25(12-10-17)13-14-26-22(28)20-7-2-3-8-21(20)23(26)29/h2-8,15,17H,9-14H2,1H3,(H,24,27). The van der Waals surface area contributed by atoms with Crippen LogP contribution in [-0.2, 0) is 4.79 Å². The van der Waals surface area contributed by atoms with E-state index in [1.54, 1.807) is 24.3 Å². The van der Waals surface area contributed by atoms with E-state index in [0.717, 1.165) is 31.6 Å². The lowest BCUT2D eigenvalue weighted by Crippen LogP contribution is -2.41. The molecule has 2 aromatic rings. The summed E-state index contributed by atoms with van der Waals surface area (Å²) in [5.41, 5.74) is 3.10. The van der Waals surface area contributed by atoms with E-state index in [2.05, 4.69) is 22.3 Å². The molecule has 0 aliphatic carbocycles. The molecule has 6 nitrogen and oxygen atoms in total. The minimum atomic E-state index is -0.185. The molecule has 4 rings (SSSR count). The molecule has 6 heteroatoms. The topological polar surface area (TPSA) is 69.7 Å². The molecule has 2 heterocycles. The summed E-state index contributed by atoms with van der Waals surface area (Å²) >= 11 is 0. The van der Waals surface area contributed by atoms with E-state index in [4.69, 9.17) is 0 Å². The summed E-state index contributed by atoms with van der Waals surface area (Å²) < 4.78 is 0. The first-order chi connectivity index (χ1) is 14.0. The van der Waals surface area contributed by atoms with Crippen LogP contribution in [0.15, 0.2) is 48.5 Å². The smallest absolute Gasteiger partial charge is 0.261 e. The summed E-state index contributed by atoms with van der Waals surface area (Å²) in [6.45, 7) is 4.50. The number of amides is 3. The zero-order valence-electron chi connectivity index (χ0n) is 16.6. The van der Waals surface area contributed by atoms with E-state index in [1.807, 2.05) is 12.1 Å². The Morgan fingerprint density at radius 1 is 0.966 bits per heavy atom. The second kappa shape index (κ2) is 8.17. The van der Waals surface area contributed by atoms with Crippen LogP contribution in [0, 0.1) is 0 Å². The lowest BCUT2D eigenvalue weighted by Gasteiger charge is -2.33. The maximum absolute atomic E-state index is 12.5. The number of benzene rings is 2. The molecule has 150 valence electrons. The van der Waals surface area contributed by atoms with Crippen molar-refractivity contribution >= 4 is 23.4 Å². The van der Waals surface area contributed by atoms with Gasteiger partial charge >= 0.3 is 0 Å². The predicted molar refractivity (Wildman–Crippen MR) is 111 cm³/mol. The molecule has 1 N–H and O–H groups in total. The maximum atomic E-state index is 12.5. The average Bonchev–Trinajstić information content (AvgIpc) is 2.97. The Kier molecular flexibility index (Phi) is 5.45. The van der Waals surface area contributed by atoms with Gasteiger partial charge in [0.05, 0.1) is 11.1 Å². The quantitative estimate of drug-likeness (QED) is 0.795. The monoisotopic (exact) mass is 391 g/mol. The van der Waals surface area contributed by atoms with E-state index in [9.17, 15) is 14.4 Å². The first kappa shape index (κ1) is 19.3. The van der Waals surface area contributed by atoms with Gasteiger partial charge in [-0.25, -0.2) is 0 Å². The van der Waals surface area contributed by atoms with Crippen LogP contribution in [0.25, 0.3) is 0 Å². The van der Waals surface area contributed by atoms with Crippen molar-refractivity contribution in [3.8, 4) is 0 Å². The molecular formula is C23H25N3O3. The van der Waals surface area contributed by atoms with Gasteiger partial charge < -0.3 is 10.2 Å². The van der Waals surface area contributed by atoms with Crippen molar-refractivity contribution in [1.82, 2.24) is 9.80 Å². The van der Waals surface area contributed by atoms with E-state index in [0.29, 0.717) is 30.1 Å². The number of carbonyl (C=O) groups excluding carboxylic acids is 3. The molecule has 0 aromatic heterocycles. The zero-order valence-corrected chi connectivity index (χ0v) is 16.6. The number of nitrogens with one attached hydrogen (secondary N) is 1. The highest BCUT2D eigenvalue weighted by molar-refractivity contribution is 6.21. The van der Waals surface area contributed by atoms with E-state index in [1.165, 1.54) is 17.4 Å². The van der Waals surface area contributed by atoms with Crippen LogP contribution in [0.3, 0.4) is 0 Å². The zero-order chi connectivity index (χ0) is 20.4. The van der Waals surface area contributed by atoms with Gasteiger partial charge in [0, 0.05) is 25.7 Å². The number of hydrogen-bond acceptors (Lipinski definition) is 4. The number of nitrogens with zero attached hydrogens (tertiary/aromatic N) is 2. The number of piperidine rings is 1. The highest BCUT2D eigenvalue weighted by atomic mass is 16.2. The molecule has 3 amide bonds. The minimum Gasteiger partial charge on any atom is -0.326 e. The van der Waals surface area contributed by atoms with Crippen molar-refractivity contribution in [3.63, 3.8) is 0 Å². The van der Waals surface area contributed by atoms with E-state index in [-0.39, 0.29) is 17.7 Å². The molecule has 0 radical (unpaired) electrons. The highest BCUT2D eigenvalue weighted by Crippen LogP contribution is 2.30. The summed E-state index contributed by atoms with van der Waals surface area (Å²) in [7, 11) is 0. The summed E-state index contributed by atoms with van der Waals surface area (Å²) in [5, 5.41) is 2.84. The van der Waals surface area contributed by atoms with Crippen LogP contribution >= 0.6 is 0 Å². The van der Waals surface area contributed by atoms with Gasteiger partial charge in [-0.2, -0.15) is 0 Å². The molecule has 0 atom stereocenters. The largest absolute Gasteiger partial charge is 0.326 e. The highest BCUT2D eigenvalue weighted by Gasteiger charge is 2.35. The third-order valence-corrected chi connectivity index (χ3v) is 5.78. The summed E-state index contributed by atoms with van der Waals surface area (Å²) in [4.78, 5) is 39.9. The number of hydrogen-bond donors (Lipinski definition) is 1. The second-order valence-electron chi connectivity index (χ2n) is 7.73. The van der Waals surface area contributed by atoms with E-state index < -0.39 is 0 Å². The third kappa shape index (κ3) is 4.07. The second-order valence-corrected chi connectivity index (χ2v) is 7.73. The molecule has 0 bridgehead atoms. The number of anilines is 1. The van der Waals surface area contributed by atoms with Gasteiger partial charge in [0.1, 0.15) is 0 Å². The number of likely N-dealkylation sites (tertiary alicyclic amines) is 1. The Morgan fingerprint density at radius 2 is 1.62 bits per heavy atom. The molecule has 1 fully saturated rings. The van der Waals surface area contributed by atoms with Crippen LogP contribution in [0.4, 0.5) is 5.69 Å². The van der Waals surface area contributed by atoms with Gasteiger partial charge in [0.25, 0.3) is 11.8 Å². The Balaban J connectivity index is 1.30. The summed E-state index contributed by atoms with van der Waals surface area (Å²) in [6, 6.07) is 15.1. The normalized spacial score (nSPS) is 17.5. The van der Waals surface area contributed by atoms with Crippen molar-refractivity contribution in [3.05, 3.63) is 65.2 Å². The molecule has 2 aromatic carbocycles. The first-order valence-electron chi connectivity index (χ1n) is 10.1. The molecule has 1 saturated heterocycles. The van der Waals surface area contributed by atoms with Crippen LogP contribution < -0.4 is 5.32 Å². The van der Waals surface area contributed by atoms with Gasteiger partial charge in [0.15, 0.2) is 0 Å². The Labute approximate surface area is 170 Å². The first-order valence-corrected chi connectivity index (χ1v) is 10.1. The van der Waals surface area contributed by atoms with Crippen LogP contribution in [0.1, 0.15) is 52.0 Å². The number of carbonyl (C=O) groups is 3. The molecule has 2 aliphatic heterocycles. The average molecular weight is 391 g/mol. The van der Waals surface area contributed by atoms with Crippen molar-refractivity contribution < 1.29 is 14.4 Å². The fraction of sp³-hybridized carbons (Fsp3) is 0.348. The van der Waals surface area contributed by atoms with E-state index >= 15 is 0 Å². The van der Waals surface area contributed by atoms with Gasteiger partial charge in [-0.15, -0.1) is 0 Å². The molecule has 29 heavy (non-hydrogen) atoms. The van der Waals surface area contributed by atoms with Gasteiger partial charge in [0.2, 0.25) is 5.91 Å². The van der Waals surface area contributed by atoms with Gasteiger partial charge in [-0.1, -0.05) is 24.3 Å². The molecule has 0 unspecified atom stereocenters. The maximum Gasteiger partial charge on any atom is 0.261 e. The van der Waals surface area contributed by atoms with Crippen LogP contribution in [0.5, 0.6) is 0 Å². The Hall–Kier alpha value is -2.99. The minimum absolute atomic E-state index is 0.0647. The van der Waals surface area contributed by atoms with Crippen molar-refractivity contribution in [2.45, 2.75) is 25.7 Å². The number of rotatable bonds is 5. The Morgan fingerprint density at radius 3 is 2.24 bits per heavy atom. The lowest BCUT2D eigenvalue weighted by molar-refractivity contribution is -0.114. The molecular weight excluding hydrogens is 366 g/mol. The Bertz CT molecular complexity index is 913. The van der Waals surface area contributed by atoms with Crippen molar-refractivity contribution in [1.29, 1.82) is 0 Å².